The molecule has 2 aromatic rings. The molecule has 1 aromatic heterocycles. The Morgan fingerprint density at radius 2 is 2.18 bits per heavy atom. The lowest BCUT2D eigenvalue weighted by Gasteiger charge is -2.09. The first kappa shape index (κ1) is 11.9. The third-order valence-electron chi connectivity index (χ3n) is 2.81. The van der Waals surface area contributed by atoms with Crippen LogP contribution in [0.4, 0.5) is 0 Å². The number of rotatable bonds is 5. The quantitative estimate of drug-likeness (QED) is 0.854. The summed E-state index contributed by atoms with van der Waals surface area (Å²) >= 11 is 0. The van der Waals surface area contributed by atoms with Gasteiger partial charge in [0.25, 0.3) is 0 Å². The number of aryl methyl sites for hydroxylation is 1. The van der Waals surface area contributed by atoms with E-state index in [9.17, 15) is 0 Å². The van der Waals surface area contributed by atoms with Crippen LogP contribution in [0.3, 0.4) is 0 Å². The predicted octanol–water partition coefficient (Wildman–Crippen LogP) is 2.57. The van der Waals surface area contributed by atoms with E-state index in [-0.39, 0.29) is 0 Å². The van der Waals surface area contributed by atoms with Gasteiger partial charge in [-0.3, -0.25) is 0 Å². The van der Waals surface area contributed by atoms with Gasteiger partial charge in [0.1, 0.15) is 0 Å². The maximum atomic E-state index is 4.05. The molecule has 0 radical (unpaired) electrons. The average molecular weight is 229 g/mol. The van der Waals surface area contributed by atoms with Gasteiger partial charge in [-0.25, -0.2) is 4.98 Å². The number of hydrogen-bond acceptors (Lipinski definition) is 2. The van der Waals surface area contributed by atoms with Crippen LogP contribution in [-0.2, 0) is 6.42 Å². The second kappa shape index (κ2) is 5.64. The smallest absolute Gasteiger partial charge is 0.0924 e. The molecule has 0 atom stereocenters. The van der Waals surface area contributed by atoms with Crippen LogP contribution in [0.1, 0.15) is 12.0 Å². The van der Waals surface area contributed by atoms with E-state index in [2.05, 4.69) is 53.2 Å². The highest BCUT2D eigenvalue weighted by Gasteiger charge is 2.00. The molecule has 0 spiro atoms. The minimum atomic E-state index is 1.08. The van der Waals surface area contributed by atoms with Crippen LogP contribution < -0.4 is 0 Å². The van der Waals surface area contributed by atoms with Gasteiger partial charge in [0.2, 0.25) is 0 Å². The van der Waals surface area contributed by atoms with Gasteiger partial charge in [-0.2, -0.15) is 0 Å². The lowest BCUT2D eigenvalue weighted by Crippen LogP contribution is -2.13. The molecule has 1 N–H and O–H groups in total. The number of H-pyrrole nitrogens is 1. The van der Waals surface area contributed by atoms with Gasteiger partial charge in [-0.15, -0.1) is 0 Å². The van der Waals surface area contributed by atoms with Gasteiger partial charge >= 0.3 is 0 Å². The Hall–Kier alpha value is -1.61. The summed E-state index contributed by atoms with van der Waals surface area (Å²) in [6.45, 7) is 1.13. The van der Waals surface area contributed by atoms with E-state index >= 15 is 0 Å². The van der Waals surface area contributed by atoms with Crippen LogP contribution >= 0.6 is 0 Å². The van der Waals surface area contributed by atoms with Crippen molar-refractivity contribution < 1.29 is 0 Å². The number of aromatic nitrogens is 2. The Bertz CT molecular complexity index is 446. The molecule has 17 heavy (non-hydrogen) atoms. The number of nitrogens with zero attached hydrogens (tertiary/aromatic N) is 2. The van der Waals surface area contributed by atoms with Crippen molar-refractivity contribution in [2.45, 2.75) is 12.8 Å². The van der Waals surface area contributed by atoms with Gasteiger partial charge in [0.05, 0.1) is 18.2 Å². The second-order valence-electron chi connectivity index (χ2n) is 4.57. The number of imidazole rings is 1. The third kappa shape index (κ3) is 3.43. The average Bonchev–Trinajstić information content (AvgIpc) is 2.82. The predicted molar refractivity (Wildman–Crippen MR) is 70.9 cm³/mol. The van der Waals surface area contributed by atoms with E-state index in [1.807, 2.05) is 6.20 Å². The highest BCUT2D eigenvalue weighted by molar-refractivity contribution is 5.58. The SMILES string of the molecule is CN(C)CCCc1cccc(-c2cnc[nH]2)c1. The Kier molecular flexibility index (Phi) is 3.94. The van der Waals surface area contributed by atoms with Crippen LogP contribution in [0.25, 0.3) is 11.3 Å². The lowest BCUT2D eigenvalue weighted by atomic mass is 10.0. The van der Waals surface area contributed by atoms with Gasteiger partial charge < -0.3 is 9.88 Å². The molecule has 0 aliphatic heterocycles. The van der Waals surface area contributed by atoms with Crippen LogP contribution in [0.2, 0.25) is 0 Å². The minimum absolute atomic E-state index is 1.08. The summed E-state index contributed by atoms with van der Waals surface area (Å²) in [5, 5.41) is 0. The Balaban J connectivity index is 2.02. The minimum Gasteiger partial charge on any atom is -0.345 e. The molecule has 0 aliphatic carbocycles. The molecule has 2 rings (SSSR count). The van der Waals surface area contributed by atoms with Crippen molar-refractivity contribution in [1.82, 2.24) is 14.9 Å². The first-order chi connectivity index (χ1) is 8.25. The molecule has 1 heterocycles. The van der Waals surface area contributed by atoms with E-state index in [4.69, 9.17) is 0 Å². The summed E-state index contributed by atoms with van der Waals surface area (Å²) in [4.78, 5) is 9.41. The molecule has 0 saturated carbocycles. The standard InChI is InChI=1S/C14H19N3/c1-17(2)8-4-6-12-5-3-7-13(9-12)14-10-15-11-16-14/h3,5,7,9-11H,4,6,8H2,1-2H3,(H,15,16). The topological polar surface area (TPSA) is 31.9 Å². The molecular weight excluding hydrogens is 210 g/mol. The van der Waals surface area contributed by atoms with Gasteiger partial charge in [-0.05, 0) is 50.7 Å². The zero-order valence-corrected chi connectivity index (χ0v) is 10.5. The summed E-state index contributed by atoms with van der Waals surface area (Å²) in [5.74, 6) is 0. The van der Waals surface area contributed by atoms with Crippen molar-refractivity contribution >= 4 is 0 Å². The molecule has 0 aliphatic rings. The fraction of sp³-hybridized carbons (Fsp3) is 0.357. The zero-order valence-electron chi connectivity index (χ0n) is 10.5. The maximum Gasteiger partial charge on any atom is 0.0924 e. The van der Waals surface area contributed by atoms with E-state index in [1.54, 1.807) is 6.33 Å². The molecule has 90 valence electrons. The van der Waals surface area contributed by atoms with E-state index in [0.717, 1.165) is 18.7 Å². The van der Waals surface area contributed by atoms with Crippen molar-refractivity contribution in [1.29, 1.82) is 0 Å². The molecular formula is C14H19N3. The van der Waals surface area contributed by atoms with Crippen molar-refractivity contribution in [3.8, 4) is 11.3 Å². The van der Waals surface area contributed by atoms with Crippen LogP contribution in [0.5, 0.6) is 0 Å². The van der Waals surface area contributed by atoms with Gasteiger partial charge in [0, 0.05) is 0 Å². The molecule has 3 nitrogen and oxygen atoms in total. The third-order valence-corrected chi connectivity index (χ3v) is 2.81. The summed E-state index contributed by atoms with van der Waals surface area (Å²) in [6.07, 6.45) is 5.90. The lowest BCUT2D eigenvalue weighted by molar-refractivity contribution is 0.400. The largest absolute Gasteiger partial charge is 0.345 e. The fourth-order valence-electron chi connectivity index (χ4n) is 1.91. The molecule has 0 saturated heterocycles. The first-order valence-electron chi connectivity index (χ1n) is 5.98. The van der Waals surface area contributed by atoms with Crippen molar-refractivity contribution in [3.63, 3.8) is 0 Å². The molecule has 0 bridgehead atoms. The van der Waals surface area contributed by atoms with Crippen LogP contribution in [0.15, 0.2) is 36.8 Å². The van der Waals surface area contributed by atoms with Crippen molar-refractivity contribution in [2.24, 2.45) is 0 Å². The highest BCUT2D eigenvalue weighted by atomic mass is 15.0. The Morgan fingerprint density at radius 3 is 2.88 bits per heavy atom. The van der Waals surface area contributed by atoms with Gasteiger partial charge in [-0.1, -0.05) is 18.2 Å². The number of benzene rings is 1. The normalized spacial score (nSPS) is 11.0. The van der Waals surface area contributed by atoms with E-state index in [0.29, 0.717) is 0 Å². The molecule has 0 fully saturated rings. The van der Waals surface area contributed by atoms with Crippen molar-refractivity contribution in [3.05, 3.63) is 42.4 Å². The maximum absolute atomic E-state index is 4.05. The highest BCUT2D eigenvalue weighted by Crippen LogP contribution is 2.18. The first-order valence-corrected chi connectivity index (χ1v) is 5.98. The van der Waals surface area contributed by atoms with E-state index < -0.39 is 0 Å². The Labute approximate surface area is 103 Å². The Morgan fingerprint density at radius 1 is 1.29 bits per heavy atom. The summed E-state index contributed by atoms with van der Waals surface area (Å²) in [6, 6.07) is 8.66. The summed E-state index contributed by atoms with van der Waals surface area (Å²) in [7, 11) is 4.22. The van der Waals surface area contributed by atoms with Crippen LogP contribution in [0, 0.1) is 0 Å². The fourth-order valence-corrected chi connectivity index (χ4v) is 1.91. The summed E-state index contributed by atoms with van der Waals surface area (Å²) < 4.78 is 0. The van der Waals surface area contributed by atoms with E-state index in [1.165, 1.54) is 17.5 Å². The zero-order chi connectivity index (χ0) is 12.1. The molecule has 3 heteroatoms. The van der Waals surface area contributed by atoms with Crippen molar-refractivity contribution in [2.75, 3.05) is 20.6 Å². The number of aromatic amines is 1. The number of hydrogen-bond donors (Lipinski definition) is 1. The number of nitrogens with one attached hydrogen (secondary N) is 1. The second-order valence-corrected chi connectivity index (χ2v) is 4.57. The van der Waals surface area contributed by atoms with Crippen LogP contribution in [-0.4, -0.2) is 35.5 Å². The molecule has 0 unspecified atom stereocenters. The molecule has 0 amide bonds. The molecule has 1 aromatic carbocycles. The van der Waals surface area contributed by atoms with Gasteiger partial charge in [0.15, 0.2) is 0 Å². The summed E-state index contributed by atoms with van der Waals surface area (Å²) in [5.41, 5.74) is 3.68. The monoisotopic (exact) mass is 229 g/mol.